The molecule has 2 unspecified atom stereocenters. The molecular weight excluding hydrogens is 372 g/mol. The van der Waals surface area contributed by atoms with E-state index in [2.05, 4.69) is 72.6 Å². The van der Waals surface area contributed by atoms with Crippen LogP contribution in [0.2, 0.25) is 0 Å². The lowest BCUT2D eigenvalue weighted by Gasteiger charge is -2.32. The predicted molar refractivity (Wildman–Crippen MR) is 125 cm³/mol. The van der Waals surface area contributed by atoms with E-state index in [1.165, 1.54) is 22.4 Å². The summed E-state index contributed by atoms with van der Waals surface area (Å²) < 4.78 is 12.1. The number of piperazine rings is 1. The van der Waals surface area contributed by atoms with Crippen LogP contribution in [0.1, 0.15) is 55.9 Å². The van der Waals surface area contributed by atoms with Gasteiger partial charge in [-0.25, -0.2) is 0 Å². The van der Waals surface area contributed by atoms with Crippen LogP contribution in [0.15, 0.2) is 48.5 Å². The summed E-state index contributed by atoms with van der Waals surface area (Å²) >= 11 is 0. The molecule has 1 aliphatic heterocycles. The predicted octanol–water partition coefficient (Wildman–Crippen LogP) is 5.12. The van der Waals surface area contributed by atoms with E-state index in [-0.39, 0.29) is 12.4 Å². The summed E-state index contributed by atoms with van der Waals surface area (Å²) in [6.45, 7) is 8.68. The van der Waals surface area contributed by atoms with Gasteiger partial charge in [0.05, 0.1) is 6.10 Å². The molecule has 4 heteroatoms. The summed E-state index contributed by atoms with van der Waals surface area (Å²) in [5.74, 6) is 0. The van der Waals surface area contributed by atoms with E-state index in [1.54, 1.807) is 7.11 Å². The fourth-order valence-electron chi connectivity index (χ4n) is 4.22. The van der Waals surface area contributed by atoms with Crippen molar-refractivity contribution in [1.82, 2.24) is 5.32 Å². The zero-order valence-electron chi connectivity index (χ0n) is 18.9. The molecule has 2 atom stereocenters. The summed E-state index contributed by atoms with van der Waals surface area (Å²) in [6.07, 6.45) is 4.81. The zero-order chi connectivity index (χ0) is 21.2. The molecule has 0 radical (unpaired) electrons. The zero-order valence-corrected chi connectivity index (χ0v) is 18.9. The number of methoxy groups -OCH3 is 1. The van der Waals surface area contributed by atoms with Crippen LogP contribution in [0.4, 0.5) is 5.69 Å². The fourth-order valence-corrected chi connectivity index (χ4v) is 4.22. The molecule has 0 aliphatic carbocycles. The second-order valence-electron chi connectivity index (χ2n) is 8.08. The van der Waals surface area contributed by atoms with Crippen molar-refractivity contribution in [1.29, 1.82) is 0 Å². The van der Waals surface area contributed by atoms with Gasteiger partial charge in [0.1, 0.15) is 0 Å². The second kappa shape index (κ2) is 12.1. The Morgan fingerprint density at radius 1 is 1.00 bits per heavy atom. The minimum Gasteiger partial charge on any atom is -0.369 e. The van der Waals surface area contributed by atoms with Crippen molar-refractivity contribution >= 4 is 5.69 Å². The average Bonchev–Trinajstić information content (AvgIpc) is 2.82. The summed E-state index contributed by atoms with van der Waals surface area (Å²) in [5.41, 5.74) is 5.40. The number of hydrogen-bond acceptors (Lipinski definition) is 4. The van der Waals surface area contributed by atoms with E-state index in [1.807, 2.05) is 0 Å². The van der Waals surface area contributed by atoms with Gasteiger partial charge in [0, 0.05) is 39.0 Å². The molecule has 0 amide bonds. The van der Waals surface area contributed by atoms with Crippen molar-refractivity contribution in [2.45, 2.75) is 58.3 Å². The van der Waals surface area contributed by atoms with Gasteiger partial charge >= 0.3 is 0 Å². The second-order valence-corrected chi connectivity index (χ2v) is 8.08. The Labute approximate surface area is 182 Å². The first-order valence-electron chi connectivity index (χ1n) is 11.6. The van der Waals surface area contributed by atoms with E-state index in [4.69, 9.17) is 9.47 Å². The number of rotatable bonds is 11. The Bertz CT molecular complexity index is 744. The molecule has 0 aromatic heterocycles. The molecule has 1 heterocycles. The third kappa shape index (κ3) is 6.31. The third-order valence-corrected chi connectivity index (χ3v) is 5.96. The van der Waals surface area contributed by atoms with Gasteiger partial charge in [-0.15, -0.1) is 0 Å². The molecule has 0 bridgehead atoms. The van der Waals surface area contributed by atoms with Crippen LogP contribution in [0.25, 0.3) is 0 Å². The molecule has 1 saturated heterocycles. The van der Waals surface area contributed by atoms with E-state index in [0.717, 1.165) is 58.3 Å². The van der Waals surface area contributed by atoms with Crippen LogP contribution in [-0.4, -0.2) is 39.6 Å². The normalized spacial score (nSPS) is 16.4. The Balaban J connectivity index is 1.81. The molecule has 1 fully saturated rings. The topological polar surface area (TPSA) is 33.7 Å². The smallest absolute Gasteiger partial charge is 0.158 e. The fraction of sp³-hybridized carbons (Fsp3) is 0.538. The number of nitrogens with one attached hydrogen (secondary N) is 1. The molecule has 1 aliphatic rings. The number of ether oxygens (including phenoxy) is 2. The van der Waals surface area contributed by atoms with Crippen LogP contribution in [0, 0.1) is 0 Å². The highest BCUT2D eigenvalue weighted by Gasteiger charge is 2.21. The minimum absolute atomic E-state index is 0.0316. The van der Waals surface area contributed by atoms with Crippen molar-refractivity contribution in [2.75, 3.05) is 38.2 Å². The Morgan fingerprint density at radius 3 is 2.43 bits per heavy atom. The van der Waals surface area contributed by atoms with Gasteiger partial charge in [0.25, 0.3) is 0 Å². The molecule has 1 N–H and O–H groups in total. The van der Waals surface area contributed by atoms with E-state index >= 15 is 0 Å². The van der Waals surface area contributed by atoms with Gasteiger partial charge in [-0.2, -0.15) is 0 Å². The standard InChI is InChI=1S/C26H38N2O2/c1-4-9-26(29-3)30-25(15-12-21-10-7-6-8-11-21)23-13-14-24(22(5-2)20-23)28-18-16-27-17-19-28/h6-8,10-11,13-14,20,25-27H,4-5,9,12,15-19H2,1-3H3. The summed E-state index contributed by atoms with van der Waals surface area (Å²) in [4.78, 5) is 2.51. The molecule has 4 nitrogen and oxygen atoms in total. The lowest BCUT2D eigenvalue weighted by Crippen LogP contribution is -2.43. The maximum Gasteiger partial charge on any atom is 0.158 e. The largest absolute Gasteiger partial charge is 0.369 e. The van der Waals surface area contributed by atoms with Crippen LogP contribution in [0.3, 0.4) is 0 Å². The van der Waals surface area contributed by atoms with Gasteiger partial charge in [-0.1, -0.05) is 62.7 Å². The van der Waals surface area contributed by atoms with Crippen LogP contribution in [0.5, 0.6) is 0 Å². The minimum atomic E-state index is -0.159. The Hall–Kier alpha value is -1.88. The maximum atomic E-state index is 6.49. The van der Waals surface area contributed by atoms with Gasteiger partial charge in [-0.3, -0.25) is 0 Å². The molecule has 164 valence electrons. The monoisotopic (exact) mass is 410 g/mol. The van der Waals surface area contributed by atoms with Gasteiger partial charge in [-0.05, 0) is 48.4 Å². The summed E-state index contributed by atoms with van der Waals surface area (Å²) in [6, 6.07) is 17.6. The van der Waals surface area contributed by atoms with E-state index in [9.17, 15) is 0 Å². The number of nitrogens with zero attached hydrogens (tertiary/aromatic N) is 1. The lowest BCUT2D eigenvalue weighted by atomic mass is 9.97. The Morgan fingerprint density at radius 2 is 1.77 bits per heavy atom. The molecule has 2 aromatic rings. The molecule has 30 heavy (non-hydrogen) atoms. The van der Waals surface area contributed by atoms with Crippen LogP contribution < -0.4 is 10.2 Å². The highest BCUT2D eigenvalue weighted by atomic mass is 16.7. The first-order chi connectivity index (χ1) is 14.7. The average molecular weight is 411 g/mol. The van der Waals surface area contributed by atoms with E-state index < -0.39 is 0 Å². The highest BCUT2D eigenvalue weighted by Crippen LogP contribution is 2.31. The van der Waals surface area contributed by atoms with Crippen molar-refractivity contribution in [3.8, 4) is 0 Å². The van der Waals surface area contributed by atoms with Crippen molar-refractivity contribution in [2.24, 2.45) is 0 Å². The summed E-state index contributed by atoms with van der Waals surface area (Å²) in [7, 11) is 1.75. The van der Waals surface area contributed by atoms with Crippen LogP contribution in [-0.2, 0) is 22.3 Å². The first kappa shape index (κ1) is 22.8. The highest BCUT2D eigenvalue weighted by molar-refractivity contribution is 5.56. The van der Waals surface area contributed by atoms with Crippen molar-refractivity contribution in [3.63, 3.8) is 0 Å². The van der Waals surface area contributed by atoms with Crippen molar-refractivity contribution < 1.29 is 9.47 Å². The van der Waals surface area contributed by atoms with Gasteiger partial charge in [0.2, 0.25) is 0 Å². The SMILES string of the molecule is CCCC(OC)OC(CCc1ccccc1)c1ccc(N2CCNCC2)c(CC)c1. The quantitative estimate of drug-likeness (QED) is 0.521. The van der Waals surface area contributed by atoms with E-state index in [0.29, 0.717) is 0 Å². The number of benzene rings is 2. The van der Waals surface area contributed by atoms with Gasteiger partial charge in [0.15, 0.2) is 6.29 Å². The Kier molecular flexibility index (Phi) is 9.19. The molecular formula is C26H38N2O2. The molecule has 0 spiro atoms. The lowest BCUT2D eigenvalue weighted by molar-refractivity contribution is -0.162. The molecule has 2 aromatic carbocycles. The number of hydrogen-bond donors (Lipinski definition) is 1. The first-order valence-corrected chi connectivity index (χ1v) is 11.6. The molecule has 0 saturated carbocycles. The third-order valence-electron chi connectivity index (χ3n) is 5.96. The number of anilines is 1. The van der Waals surface area contributed by atoms with Crippen molar-refractivity contribution in [3.05, 3.63) is 65.2 Å². The molecule has 3 rings (SSSR count). The summed E-state index contributed by atoms with van der Waals surface area (Å²) in [5, 5.41) is 3.45. The number of aryl methyl sites for hydroxylation is 2. The van der Waals surface area contributed by atoms with Crippen LogP contribution >= 0.6 is 0 Å². The van der Waals surface area contributed by atoms with Gasteiger partial charge < -0.3 is 19.7 Å². The maximum absolute atomic E-state index is 6.49.